The third-order valence-electron chi connectivity index (χ3n) is 2.86. The van der Waals surface area contributed by atoms with Crippen molar-refractivity contribution >= 4 is 0 Å². The molecule has 90 valence electrons. The fourth-order valence-corrected chi connectivity index (χ4v) is 1.64. The van der Waals surface area contributed by atoms with Crippen molar-refractivity contribution < 1.29 is 10.2 Å². The van der Waals surface area contributed by atoms with Crippen molar-refractivity contribution in [3.63, 3.8) is 0 Å². The fraction of sp³-hybridized carbons (Fsp3) is 0.538. The molecular weight excluding hydrogens is 202 g/mol. The number of hydrogen-bond donors (Lipinski definition) is 3. The van der Waals surface area contributed by atoms with Gasteiger partial charge in [0.1, 0.15) is 5.75 Å². The third-order valence-corrected chi connectivity index (χ3v) is 2.86. The number of aromatic hydroxyl groups is 1. The molecule has 0 saturated heterocycles. The molecule has 0 aliphatic rings. The molecule has 3 N–H and O–H groups in total. The first kappa shape index (κ1) is 13.0. The Balaban J connectivity index is 2.64. The average molecular weight is 223 g/mol. The second-order valence-electron chi connectivity index (χ2n) is 4.51. The lowest BCUT2D eigenvalue weighted by Crippen LogP contribution is -2.38. The molecule has 0 radical (unpaired) electrons. The predicted molar refractivity (Wildman–Crippen MR) is 65.4 cm³/mol. The molecular formula is C13H21NO2. The van der Waals surface area contributed by atoms with E-state index in [-0.39, 0.29) is 24.4 Å². The third kappa shape index (κ3) is 3.51. The Bertz CT molecular complexity index is 308. The van der Waals surface area contributed by atoms with Gasteiger partial charge < -0.3 is 15.5 Å². The van der Waals surface area contributed by atoms with Gasteiger partial charge in [0.2, 0.25) is 0 Å². The molecule has 0 aromatic heterocycles. The van der Waals surface area contributed by atoms with E-state index >= 15 is 0 Å². The molecule has 0 heterocycles. The van der Waals surface area contributed by atoms with Crippen LogP contribution in [-0.2, 0) is 0 Å². The standard InChI is InChI=1S/C13H21NO2/c1-9(2)13(8-15)14-10(3)11-4-6-12(16)7-5-11/h4-7,9-10,13-16H,8H2,1-3H3. The van der Waals surface area contributed by atoms with Crippen LogP contribution in [0.2, 0.25) is 0 Å². The van der Waals surface area contributed by atoms with E-state index in [1.54, 1.807) is 12.1 Å². The smallest absolute Gasteiger partial charge is 0.115 e. The number of nitrogens with one attached hydrogen (secondary N) is 1. The molecule has 1 aromatic rings. The Morgan fingerprint density at radius 3 is 2.12 bits per heavy atom. The molecule has 0 amide bonds. The van der Waals surface area contributed by atoms with Crippen molar-refractivity contribution in [3.8, 4) is 5.75 Å². The lowest BCUT2D eigenvalue weighted by Gasteiger charge is -2.25. The van der Waals surface area contributed by atoms with Gasteiger partial charge in [0.15, 0.2) is 0 Å². The highest BCUT2D eigenvalue weighted by molar-refractivity contribution is 5.27. The Hall–Kier alpha value is -1.06. The predicted octanol–water partition coefficient (Wildman–Crippen LogP) is 2.06. The van der Waals surface area contributed by atoms with Gasteiger partial charge in [-0.15, -0.1) is 0 Å². The molecule has 0 fully saturated rings. The zero-order valence-corrected chi connectivity index (χ0v) is 10.1. The van der Waals surface area contributed by atoms with Crippen molar-refractivity contribution in [2.24, 2.45) is 5.92 Å². The van der Waals surface area contributed by atoms with Crippen LogP contribution < -0.4 is 5.32 Å². The van der Waals surface area contributed by atoms with E-state index in [0.717, 1.165) is 5.56 Å². The van der Waals surface area contributed by atoms with E-state index in [2.05, 4.69) is 26.1 Å². The summed E-state index contributed by atoms with van der Waals surface area (Å²) in [5.74, 6) is 0.670. The zero-order chi connectivity index (χ0) is 12.1. The maximum atomic E-state index is 9.23. The van der Waals surface area contributed by atoms with Gasteiger partial charge in [-0.1, -0.05) is 26.0 Å². The molecule has 2 atom stereocenters. The Kier molecular flexibility index (Phi) is 4.77. The molecule has 0 aliphatic heterocycles. The topological polar surface area (TPSA) is 52.5 Å². The van der Waals surface area contributed by atoms with Crippen molar-refractivity contribution in [2.45, 2.75) is 32.9 Å². The fourth-order valence-electron chi connectivity index (χ4n) is 1.64. The highest BCUT2D eigenvalue weighted by Gasteiger charge is 2.15. The molecule has 1 aromatic carbocycles. The number of phenolic OH excluding ortho intramolecular Hbond substituents is 1. The first-order chi connectivity index (χ1) is 7.54. The number of rotatable bonds is 5. The summed E-state index contributed by atoms with van der Waals surface area (Å²) in [5, 5.41) is 21.8. The van der Waals surface area contributed by atoms with E-state index in [1.807, 2.05) is 12.1 Å². The highest BCUT2D eigenvalue weighted by atomic mass is 16.3. The van der Waals surface area contributed by atoms with E-state index < -0.39 is 0 Å². The zero-order valence-electron chi connectivity index (χ0n) is 10.1. The van der Waals surface area contributed by atoms with Gasteiger partial charge in [0, 0.05) is 12.1 Å². The largest absolute Gasteiger partial charge is 0.508 e. The molecule has 0 bridgehead atoms. The summed E-state index contributed by atoms with van der Waals surface area (Å²) < 4.78 is 0. The summed E-state index contributed by atoms with van der Waals surface area (Å²) in [7, 11) is 0. The van der Waals surface area contributed by atoms with E-state index in [1.165, 1.54) is 0 Å². The van der Waals surface area contributed by atoms with Crippen LogP contribution >= 0.6 is 0 Å². The van der Waals surface area contributed by atoms with E-state index in [9.17, 15) is 10.2 Å². The molecule has 1 rings (SSSR count). The van der Waals surface area contributed by atoms with Gasteiger partial charge in [-0.25, -0.2) is 0 Å². The van der Waals surface area contributed by atoms with Crippen LogP contribution in [0.4, 0.5) is 0 Å². The molecule has 16 heavy (non-hydrogen) atoms. The minimum absolute atomic E-state index is 0.101. The molecule has 2 unspecified atom stereocenters. The van der Waals surface area contributed by atoms with Crippen LogP contribution in [0.1, 0.15) is 32.4 Å². The monoisotopic (exact) mass is 223 g/mol. The van der Waals surface area contributed by atoms with E-state index in [4.69, 9.17) is 0 Å². The van der Waals surface area contributed by atoms with Crippen LogP contribution in [0.15, 0.2) is 24.3 Å². The van der Waals surface area contributed by atoms with Crippen LogP contribution in [0.25, 0.3) is 0 Å². The number of benzene rings is 1. The summed E-state index contributed by atoms with van der Waals surface area (Å²) >= 11 is 0. The SMILES string of the molecule is CC(NC(CO)C(C)C)c1ccc(O)cc1. The number of aliphatic hydroxyl groups is 1. The minimum atomic E-state index is 0.101. The molecule has 3 nitrogen and oxygen atoms in total. The quantitative estimate of drug-likeness (QED) is 0.716. The molecule has 0 aliphatic carbocycles. The van der Waals surface area contributed by atoms with Gasteiger partial charge >= 0.3 is 0 Å². The molecule has 3 heteroatoms. The lowest BCUT2D eigenvalue weighted by atomic mass is 10.0. The summed E-state index contributed by atoms with van der Waals surface area (Å²) in [6.45, 7) is 6.35. The summed E-state index contributed by atoms with van der Waals surface area (Å²) in [5.41, 5.74) is 1.11. The van der Waals surface area contributed by atoms with Crippen molar-refractivity contribution in [3.05, 3.63) is 29.8 Å². The van der Waals surface area contributed by atoms with Gasteiger partial charge in [0.25, 0.3) is 0 Å². The Morgan fingerprint density at radius 1 is 1.12 bits per heavy atom. The summed E-state index contributed by atoms with van der Waals surface area (Å²) in [6, 6.07) is 7.40. The lowest BCUT2D eigenvalue weighted by molar-refractivity contribution is 0.201. The second-order valence-corrected chi connectivity index (χ2v) is 4.51. The Labute approximate surface area is 97.1 Å². The van der Waals surface area contributed by atoms with Crippen molar-refractivity contribution in [1.82, 2.24) is 5.32 Å². The number of aliphatic hydroxyl groups excluding tert-OH is 1. The van der Waals surface area contributed by atoms with Gasteiger partial charge in [0.05, 0.1) is 6.61 Å². The van der Waals surface area contributed by atoms with Gasteiger partial charge in [-0.2, -0.15) is 0 Å². The van der Waals surface area contributed by atoms with Crippen LogP contribution in [-0.4, -0.2) is 22.9 Å². The maximum absolute atomic E-state index is 9.23. The normalized spacial score (nSPS) is 15.1. The van der Waals surface area contributed by atoms with E-state index in [0.29, 0.717) is 5.92 Å². The van der Waals surface area contributed by atoms with Crippen LogP contribution in [0.5, 0.6) is 5.75 Å². The number of hydrogen-bond acceptors (Lipinski definition) is 3. The van der Waals surface area contributed by atoms with Crippen molar-refractivity contribution in [1.29, 1.82) is 0 Å². The first-order valence-corrected chi connectivity index (χ1v) is 5.70. The molecule has 0 saturated carbocycles. The summed E-state index contributed by atoms with van der Waals surface area (Å²) in [4.78, 5) is 0. The van der Waals surface area contributed by atoms with Gasteiger partial charge in [-0.05, 0) is 30.5 Å². The first-order valence-electron chi connectivity index (χ1n) is 5.70. The minimum Gasteiger partial charge on any atom is -0.508 e. The van der Waals surface area contributed by atoms with Crippen molar-refractivity contribution in [2.75, 3.05) is 6.61 Å². The van der Waals surface area contributed by atoms with Gasteiger partial charge in [-0.3, -0.25) is 0 Å². The van der Waals surface area contributed by atoms with Crippen LogP contribution in [0, 0.1) is 5.92 Å². The highest BCUT2D eigenvalue weighted by Crippen LogP contribution is 2.17. The summed E-state index contributed by atoms with van der Waals surface area (Å²) in [6.07, 6.45) is 0. The second kappa shape index (κ2) is 5.87. The van der Waals surface area contributed by atoms with Crippen LogP contribution in [0.3, 0.4) is 0 Å². The number of phenols is 1. The maximum Gasteiger partial charge on any atom is 0.115 e. The molecule has 0 spiro atoms. The average Bonchev–Trinajstić information content (AvgIpc) is 2.26. The Morgan fingerprint density at radius 2 is 1.69 bits per heavy atom.